The molecular weight excluding hydrogens is 230 g/mol. The third kappa shape index (κ3) is 3.35. The second-order valence-corrected chi connectivity index (χ2v) is 5.07. The molecule has 0 bridgehead atoms. The molecule has 0 aliphatic heterocycles. The van der Waals surface area contributed by atoms with Gasteiger partial charge in [-0.2, -0.15) is 0 Å². The molecular formula is C13H21N3O2. The molecule has 0 amide bonds. The van der Waals surface area contributed by atoms with Crippen LogP contribution in [0.5, 0.6) is 0 Å². The quantitative estimate of drug-likeness (QED) is 0.839. The van der Waals surface area contributed by atoms with E-state index in [0.29, 0.717) is 11.7 Å². The van der Waals surface area contributed by atoms with Crippen LogP contribution in [0.1, 0.15) is 38.1 Å². The van der Waals surface area contributed by atoms with E-state index < -0.39 is 5.97 Å². The number of hydrogen-bond donors (Lipinski definition) is 2. The Bertz CT molecular complexity index is 430. The highest BCUT2D eigenvalue weighted by Crippen LogP contribution is 2.21. The molecule has 5 nitrogen and oxygen atoms in total. The van der Waals surface area contributed by atoms with Gasteiger partial charge in [-0.15, -0.1) is 0 Å². The maximum Gasteiger partial charge on any atom is 0.337 e. The van der Waals surface area contributed by atoms with Crippen LogP contribution in [0.25, 0.3) is 0 Å². The fraction of sp³-hybridized carbons (Fsp3) is 0.538. The largest absolute Gasteiger partial charge is 0.478 e. The average molecular weight is 251 g/mol. The number of rotatable bonds is 5. The first-order valence-electron chi connectivity index (χ1n) is 6.08. The SMILES string of the molecule is CC(C)CN(c1cc(C(=O)O)c(N)cn1)C(C)C. The van der Waals surface area contributed by atoms with Gasteiger partial charge in [-0.05, 0) is 25.8 Å². The number of aromatic carboxylic acids is 1. The number of nitrogen functional groups attached to an aromatic ring is 1. The molecule has 0 atom stereocenters. The minimum atomic E-state index is -1.02. The predicted octanol–water partition coefficient (Wildman–Crippen LogP) is 2.23. The Morgan fingerprint density at radius 1 is 1.44 bits per heavy atom. The van der Waals surface area contributed by atoms with Crippen LogP contribution in [0.3, 0.4) is 0 Å². The highest BCUT2D eigenvalue weighted by atomic mass is 16.4. The number of carbonyl (C=O) groups is 1. The Labute approximate surface area is 108 Å². The van der Waals surface area contributed by atoms with Crippen LogP contribution in [0.4, 0.5) is 11.5 Å². The topological polar surface area (TPSA) is 79.5 Å². The maximum absolute atomic E-state index is 11.1. The number of anilines is 2. The monoisotopic (exact) mass is 251 g/mol. The standard InChI is InChI=1S/C13H21N3O2/c1-8(2)7-16(9(3)4)12-5-10(13(17)18)11(14)6-15-12/h5-6,8-9H,7,14H2,1-4H3,(H,17,18). The van der Waals surface area contributed by atoms with Crippen molar-refractivity contribution >= 4 is 17.5 Å². The van der Waals surface area contributed by atoms with Gasteiger partial charge < -0.3 is 15.7 Å². The number of nitrogens with zero attached hydrogens (tertiary/aromatic N) is 2. The molecule has 0 unspecified atom stereocenters. The molecule has 0 aromatic carbocycles. The van der Waals surface area contributed by atoms with Crippen molar-refractivity contribution in [2.45, 2.75) is 33.7 Å². The molecule has 1 aromatic rings. The molecule has 0 spiro atoms. The van der Waals surface area contributed by atoms with Crippen LogP contribution < -0.4 is 10.6 Å². The van der Waals surface area contributed by atoms with Gasteiger partial charge in [0.2, 0.25) is 0 Å². The number of hydrogen-bond acceptors (Lipinski definition) is 4. The summed E-state index contributed by atoms with van der Waals surface area (Å²) in [6, 6.07) is 1.80. The third-order valence-corrected chi connectivity index (χ3v) is 2.63. The normalized spacial score (nSPS) is 11.0. The summed E-state index contributed by atoms with van der Waals surface area (Å²) in [5, 5.41) is 9.07. The zero-order valence-corrected chi connectivity index (χ0v) is 11.3. The zero-order valence-electron chi connectivity index (χ0n) is 11.3. The first kappa shape index (κ1) is 14.3. The maximum atomic E-state index is 11.1. The molecule has 0 radical (unpaired) electrons. The van der Waals surface area contributed by atoms with E-state index in [1.165, 1.54) is 6.20 Å². The lowest BCUT2D eigenvalue weighted by molar-refractivity contribution is 0.0698. The Hall–Kier alpha value is -1.78. The Morgan fingerprint density at radius 2 is 2.06 bits per heavy atom. The van der Waals surface area contributed by atoms with Gasteiger partial charge in [0.05, 0.1) is 17.4 Å². The van der Waals surface area contributed by atoms with E-state index in [2.05, 4.69) is 37.6 Å². The van der Waals surface area contributed by atoms with Crippen molar-refractivity contribution in [2.75, 3.05) is 17.2 Å². The molecule has 1 heterocycles. The van der Waals surface area contributed by atoms with E-state index in [4.69, 9.17) is 10.8 Å². The molecule has 0 fully saturated rings. The van der Waals surface area contributed by atoms with E-state index in [1.807, 2.05) is 0 Å². The zero-order chi connectivity index (χ0) is 13.9. The molecule has 3 N–H and O–H groups in total. The molecule has 1 rings (SSSR count). The Balaban J connectivity index is 3.13. The lowest BCUT2D eigenvalue weighted by Crippen LogP contribution is -2.35. The summed E-state index contributed by atoms with van der Waals surface area (Å²) in [5.74, 6) is 0.106. The second kappa shape index (κ2) is 5.71. The predicted molar refractivity (Wildman–Crippen MR) is 72.9 cm³/mol. The van der Waals surface area contributed by atoms with Crippen LogP contribution >= 0.6 is 0 Å². The molecule has 0 saturated carbocycles. The lowest BCUT2D eigenvalue weighted by atomic mass is 10.1. The summed E-state index contributed by atoms with van der Waals surface area (Å²) < 4.78 is 0. The summed E-state index contributed by atoms with van der Waals surface area (Å²) in [6.07, 6.45) is 1.41. The van der Waals surface area contributed by atoms with Crippen LogP contribution in [-0.2, 0) is 0 Å². The minimum Gasteiger partial charge on any atom is -0.478 e. The van der Waals surface area contributed by atoms with Crippen molar-refractivity contribution in [2.24, 2.45) is 5.92 Å². The van der Waals surface area contributed by atoms with E-state index in [-0.39, 0.29) is 17.3 Å². The minimum absolute atomic E-state index is 0.106. The number of carboxylic acids is 1. The molecule has 0 aliphatic rings. The summed E-state index contributed by atoms with van der Waals surface area (Å²) in [7, 11) is 0. The Morgan fingerprint density at radius 3 is 2.50 bits per heavy atom. The highest BCUT2D eigenvalue weighted by Gasteiger charge is 2.17. The summed E-state index contributed by atoms with van der Waals surface area (Å²) >= 11 is 0. The average Bonchev–Trinajstić information content (AvgIpc) is 2.26. The van der Waals surface area contributed by atoms with Gasteiger partial charge in [0, 0.05) is 12.6 Å². The van der Waals surface area contributed by atoms with E-state index in [9.17, 15) is 4.79 Å². The molecule has 100 valence electrons. The van der Waals surface area contributed by atoms with Gasteiger partial charge in [-0.1, -0.05) is 13.8 Å². The van der Waals surface area contributed by atoms with Gasteiger partial charge in [0.1, 0.15) is 5.82 Å². The molecule has 5 heteroatoms. The summed E-state index contributed by atoms with van der Waals surface area (Å²) in [5.41, 5.74) is 5.91. The summed E-state index contributed by atoms with van der Waals surface area (Å²) in [4.78, 5) is 17.4. The van der Waals surface area contributed by atoms with Gasteiger partial charge in [-0.25, -0.2) is 9.78 Å². The molecule has 18 heavy (non-hydrogen) atoms. The smallest absolute Gasteiger partial charge is 0.337 e. The van der Waals surface area contributed by atoms with Crippen molar-refractivity contribution in [3.05, 3.63) is 17.8 Å². The van der Waals surface area contributed by atoms with E-state index in [0.717, 1.165) is 6.54 Å². The van der Waals surface area contributed by atoms with Gasteiger partial charge >= 0.3 is 5.97 Å². The first-order chi connectivity index (χ1) is 8.32. The fourth-order valence-electron chi connectivity index (χ4n) is 1.76. The van der Waals surface area contributed by atoms with E-state index in [1.54, 1.807) is 6.07 Å². The van der Waals surface area contributed by atoms with Crippen LogP contribution in [-0.4, -0.2) is 28.6 Å². The van der Waals surface area contributed by atoms with Crippen LogP contribution in [0, 0.1) is 5.92 Å². The number of carboxylic acid groups (broad SMARTS) is 1. The molecule has 1 aromatic heterocycles. The van der Waals surface area contributed by atoms with Crippen molar-refractivity contribution < 1.29 is 9.90 Å². The Kier molecular flexibility index (Phi) is 4.53. The van der Waals surface area contributed by atoms with Crippen molar-refractivity contribution in [3.63, 3.8) is 0 Å². The van der Waals surface area contributed by atoms with Crippen LogP contribution in [0.15, 0.2) is 12.3 Å². The third-order valence-electron chi connectivity index (χ3n) is 2.63. The number of pyridine rings is 1. The van der Waals surface area contributed by atoms with Crippen molar-refractivity contribution in [1.82, 2.24) is 4.98 Å². The van der Waals surface area contributed by atoms with E-state index >= 15 is 0 Å². The van der Waals surface area contributed by atoms with Gasteiger partial charge in [0.15, 0.2) is 0 Å². The number of nitrogens with two attached hydrogens (primary N) is 1. The van der Waals surface area contributed by atoms with Gasteiger partial charge in [0.25, 0.3) is 0 Å². The van der Waals surface area contributed by atoms with Crippen LogP contribution in [0.2, 0.25) is 0 Å². The van der Waals surface area contributed by atoms with Gasteiger partial charge in [-0.3, -0.25) is 0 Å². The van der Waals surface area contributed by atoms with Crippen molar-refractivity contribution in [3.8, 4) is 0 Å². The first-order valence-corrected chi connectivity index (χ1v) is 6.08. The molecule has 0 aliphatic carbocycles. The fourth-order valence-corrected chi connectivity index (χ4v) is 1.76. The highest BCUT2D eigenvalue weighted by molar-refractivity contribution is 5.94. The number of aromatic nitrogens is 1. The molecule has 0 saturated heterocycles. The lowest BCUT2D eigenvalue weighted by Gasteiger charge is -2.29. The second-order valence-electron chi connectivity index (χ2n) is 5.07. The van der Waals surface area contributed by atoms with Crippen molar-refractivity contribution in [1.29, 1.82) is 0 Å². The summed E-state index contributed by atoms with van der Waals surface area (Å²) in [6.45, 7) is 9.17.